The number of nitrogens with zero attached hydrogens (tertiary/aromatic N) is 3. The summed E-state index contributed by atoms with van der Waals surface area (Å²) in [6.45, 7) is -0.141. The second kappa shape index (κ2) is 3.76. The molecule has 1 aliphatic rings. The molecule has 0 heterocycles. The number of azide groups is 1. The number of ether oxygens (including phenoxy) is 1. The van der Waals surface area contributed by atoms with Crippen molar-refractivity contribution in [2.45, 2.75) is 30.9 Å². The van der Waals surface area contributed by atoms with Crippen LogP contribution in [0.15, 0.2) is 5.11 Å². The topological polar surface area (TPSA) is 78.2 Å². The summed E-state index contributed by atoms with van der Waals surface area (Å²) >= 11 is 0. The van der Waals surface area contributed by atoms with Crippen molar-refractivity contribution >= 4 is 0 Å². The van der Waals surface area contributed by atoms with Crippen molar-refractivity contribution in [3.8, 4) is 0 Å². The first-order valence-electron chi connectivity index (χ1n) is 3.99. The third-order valence-corrected chi connectivity index (χ3v) is 2.58. The van der Waals surface area contributed by atoms with Crippen LogP contribution in [-0.2, 0) is 4.74 Å². The minimum atomic E-state index is -0.429. The number of aliphatic hydroxyl groups excluding tert-OH is 1. The molecule has 1 saturated carbocycles. The summed E-state index contributed by atoms with van der Waals surface area (Å²) in [7, 11) is 1.59. The van der Waals surface area contributed by atoms with Gasteiger partial charge in [0.05, 0.1) is 18.2 Å². The highest BCUT2D eigenvalue weighted by atomic mass is 16.5. The number of hydrogen-bond donors (Lipinski definition) is 1. The van der Waals surface area contributed by atoms with Crippen molar-refractivity contribution in [1.29, 1.82) is 0 Å². The summed E-state index contributed by atoms with van der Waals surface area (Å²) in [5, 5.41) is 12.5. The third kappa shape index (κ3) is 1.39. The van der Waals surface area contributed by atoms with Gasteiger partial charge < -0.3 is 9.84 Å². The Labute approximate surface area is 71.0 Å². The Morgan fingerprint density at radius 1 is 1.75 bits per heavy atom. The van der Waals surface area contributed by atoms with Gasteiger partial charge in [-0.1, -0.05) is 5.11 Å². The zero-order valence-corrected chi connectivity index (χ0v) is 7.10. The van der Waals surface area contributed by atoms with Gasteiger partial charge in [0.15, 0.2) is 0 Å². The molecule has 1 aliphatic carbocycles. The maximum Gasteiger partial charge on any atom is 0.0894 e. The second-order valence-electron chi connectivity index (χ2n) is 3.03. The van der Waals surface area contributed by atoms with Gasteiger partial charge in [0, 0.05) is 12.0 Å². The predicted octanol–water partition coefficient (Wildman–Crippen LogP) is 1.23. The van der Waals surface area contributed by atoms with E-state index in [0.717, 1.165) is 19.3 Å². The van der Waals surface area contributed by atoms with Crippen LogP contribution in [0.5, 0.6) is 0 Å². The zero-order valence-electron chi connectivity index (χ0n) is 7.10. The van der Waals surface area contributed by atoms with Gasteiger partial charge in [-0.25, -0.2) is 0 Å². The summed E-state index contributed by atoms with van der Waals surface area (Å²) in [5.41, 5.74) is 7.85. The van der Waals surface area contributed by atoms with Crippen LogP contribution in [0.4, 0.5) is 0 Å². The maximum atomic E-state index is 8.94. The summed E-state index contributed by atoms with van der Waals surface area (Å²) in [4.78, 5) is 2.69. The van der Waals surface area contributed by atoms with Crippen LogP contribution in [0.1, 0.15) is 19.3 Å². The third-order valence-electron chi connectivity index (χ3n) is 2.58. The quantitative estimate of drug-likeness (QED) is 0.392. The lowest BCUT2D eigenvalue weighted by atomic mass is 9.75. The van der Waals surface area contributed by atoms with Crippen molar-refractivity contribution in [2.24, 2.45) is 5.11 Å². The van der Waals surface area contributed by atoms with Crippen LogP contribution in [0.2, 0.25) is 0 Å². The van der Waals surface area contributed by atoms with Crippen molar-refractivity contribution < 1.29 is 9.84 Å². The lowest BCUT2D eigenvalue weighted by Crippen LogP contribution is -2.50. The molecule has 1 rings (SSSR count). The highest BCUT2D eigenvalue weighted by Crippen LogP contribution is 2.39. The Bertz CT molecular complexity index is 191. The number of rotatable bonds is 4. The molecule has 5 nitrogen and oxygen atoms in total. The molecule has 0 radical (unpaired) electrons. The standard InChI is InChI=1S/C7H13N3O2/c1-12-7(3-2-4-7)6(5-11)9-10-8/h6,11H,2-5H2,1H3/t6-/m1/s1. The summed E-state index contributed by atoms with van der Waals surface area (Å²) in [6, 6.07) is -0.429. The minimum Gasteiger partial charge on any atom is -0.396 e. The van der Waals surface area contributed by atoms with Crippen molar-refractivity contribution in [3.63, 3.8) is 0 Å². The van der Waals surface area contributed by atoms with E-state index in [4.69, 9.17) is 15.4 Å². The SMILES string of the molecule is COC1([C@@H](CO)N=[N+]=[N-])CCC1. The van der Waals surface area contributed by atoms with Gasteiger partial charge in [-0.05, 0) is 24.8 Å². The van der Waals surface area contributed by atoms with E-state index in [9.17, 15) is 0 Å². The van der Waals surface area contributed by atoms with Crippen molar-refractivity contribution in [2.75, 3.05) is 13.7 Å². The lowest BCUT2D eigenvalue weighted by Gasteiger charge is -2.44. The molecule has 0 unspecified atom stereocenters. The number of hydrogen-bond acceptors (Lipinski definition) is 3. The van der Waals surface area contributed by atoms with E-state index in [1.54, 1.807) is 7.11 Å². The van der Waals surface area contributed by atoms with Crippen LogP contribution in [0.25, 0.3) is 10.4 Å². The Morgan fingerprint density at radius 2 is 2.42 bits per heavy atom. The van der Waals surface area contributed by atoms with E-state index in [0.29, 0.717) is 0 Å². The lowest BCUT2D eigenvalue weighted by molar-refractivity contribution is -0.0985. The number of aliphatic hydroxyl groups is 1. The van der Waals surface area contributed by atoms with Crippen molar-refractivity contribution in [3.05, 3.63) is 10.4 Å². The molecule has 0 aromatic heterocycles. The first-order chi connectivity index (χ1) is 5.79. The van der Waals surface area contributed by atoms with E-state index in [2.05, 4.69) is 10.0 Å². The molecule has 0 aromatic rings. The Morgan fingerprint density at radius 3 is 2.67 bits per heavy atom. The number of methoxy groups -OCH3 is 1. The zero-order chi connectivity index (χ0) is 9.03. The highest BCUT2D eigenvalue weighted by Gasteiger charge is 2.43. The Kier molecular flexibility index (Phi) is 2.92. The molecule has 0 spiro atoms. The molecule has 0 saturated heterocycles. The average Bonchev–Trinajstić information content (AvgIpc) is 2.02. The largest absolute Gasteiger partial charge is 0.396 e. The van der Waals surface area contributed by atoms with Crippen molar-refractivity contribution in [1.82, 2.24) is 0 Å². The van der Waals surface area contributed by atoms with E-state index in [1.807, 2.05) is 0 Å². The van der Waals surface area contributed by atoms with Crippen LogP contribution in [0, 0.1) is 0 Å². The molecule has 0 bridgehead atoms. The molecular formula is C7H13N3O2. The van der Waals surface area contributed by atoms with Gasteiger partial charge in [-0.15, -0.1) is 0 Å². The van der Waals surface area contributed by atoms with Crippen LogP contribution >= 0.6 is 0 Å². The van der Waals surface area contributed by atoms with Crippen LogP contribution in [0.3, 0.4) is 0 Å². The van der Waals surface area contributed by atoms with Gasteiger partial charge in [-0.2, -0.15) is 0 Å². The van der Waals surface area contributed by atoms with Gasteiger partial charge in [-0.3, -0.25) is 0 Å². The molecule has 5 heteroatoms. The monoisotopic (exact) mass is 171 g/mol. The second-order valence-corrected chi connectivity index (χ2v) is 3.03. The molecule has 0 amide bonds. The predicted molar refractivity (Wildman–Crippen MR) is 43.6 cm³/mol. The molecule has 0 aromatic carbocycles. The summed E-state index contributed by atoms with van der Waals surface area (Å²) in [6.07, 6.45) is 2.81. The fraction of sp³-hybridized carbons (Fsp3) is 1.00. The normalized spacial score (nSPS) is 22.2. The fourth-order valence-electron chi connectivity index (χ4n) is 1.57. The van der Waals surface area contributed by atoms with E-state index < -0.39 is 6.04 Å². The molecular weight excluding hydrogens is 158 g/mol. The van der Waals surface area contributed by atoms with Gasteiger partial charge >= 0.3 is 0 Å². The average molecular weight is 171 g/mol. The first-order valence-corrected chi connectivity index (χ1v) is 3.99. The Hall–Kier alpha value is -0.770. The molecule has 0 aliphatic heterocycles. The molecule has 12 heavy (non-hydrogen) atoms. The van der Waals surface area contributed by atoms with E-state index >= 15 is 0 Å². The minimum absolute atomic E-state index is 0.141. The van der Waals surface area contributed by atoms with E-state index in [-0.39, 0.29) is 12.2 Å². The Balaban J connectivity index is 2.67. The van der Waals surface area contributed by atoms with Crippen LogP contribution in [-0.4, -0.2) is 30.5 Å². The van der Waals surface area contributed by atoms with Crippen LogP contribution < -0.4 is 0 Å². The van der Waals surface area contributed by atoms with Gasteiger partial charge in [0.2, 0.25) is 0 Å². The molecule has 1 atom stereocenters. The summed E-state index contributed by atoms with van der Waals surface area (Å²) < 4.78 is 5.25. The molecule has 68 valence electrons. The van der Waals surface area contributed by atoms with E-state index in [1.165, 1.54) is 0 Å². The fourth-order valence-corrected chi connectivity index (χ4v) is 1.57. The molecule has 1 fully saturated rings. The first kappa shape index (κ1) is 9.32. The molecule has 1 N–H and O–H groups in total. The maximum absolute atomic E-state index is 8.94. The van der Waals surface area contributed by atoms with Gasteiger partial charge in [0.25, 0.3) is 0 Å². The summed E-state index contributed by atoms with van der Waals surface area (Å²) in [5.74, 6) is 0. The van der Waals surface area contributed by atoms with Gasteiger partial charge in [0.1, 0.15) is 0 Å². The smallest absolute Gasteiger partial charge is 0.0894 e. The highest BCUT2D eigenvalue weighted by molar-refractivity contribution is 4.99.